The smallest absolute Gasteiger partial charge is 0.148 e. The van der Waals surface area contributed by atoms with E-state index >= 15 is 0 Å². The molecule has 2 aliphatic rings. The maximum absolute atomic E-state index is 13.9. The van der Waals surface area contributed by atoms with Gasteiger partial charge in [-0.05, 0) is 38.3 Å². The van der Waals surface area contributed by atoms with Crippen molar-refractivity contribution in [1.29, 1.82) is 0 Å². The van der Waals surface area contributed by atoms with Crippen molar-refractivity contribution in [2.45, 2.75) is 38.3 Å². The maximum Gasteiger partial charge on any atom is 0.148 e. The summed E-state index contributed by atoms with van der Waals surface area (Å²) in [6.07, 6.45) is 6.90. The summed E-state index contributed by atoms with van der Waals surface area (Å²) in [6, 6.07) is 6.99. The lowest BCUT2D eigenvalue weighted by atomic mass is 9.57. The topological polar surface area (TPSA) is 48.3 Å². The van der Waals surface area contributed by atoms with Gasteiger partial charge in [0.25, 0.3) is 0 Å². The number of rotatable bonds is 5. The van der Waals surface area contributed by atoms with E-state index in [1.807, 2.05) is 19.2 Å². The van der Waals surface area contributed by atoms with Crippen LogP contribution >= 0.6 is 0 Å². The minimum atomic E-state index is -0.280. The Morgan fingerprint density at radius 3 is 2.92 bits per heavy atom. The van der Waals surface area contributed by atoms with Crippen LogP contribution in [0.25, 0.3) is 5.69 Å². The lowest BCUT2D eigenvalue weighted by Crippen LogP contribution is -2.63. The Balaban J connectivity index is 1.50. The van der Waals surface area contributed by atoms with Gasteiger partial charge in [0, 0.05) is 31.3 Å². The molecule has 1 saturated carbocycles. The standard InChI is InChI=1S/C19H24FN3O2/c1-2-25-18-11-17(19(18)7-9-24-10-8-19)22-14-12-21-23(13-14)16-6-4-3-5-15(16)20/h3-6,12-13,17-18,22H,2,7-11H2,1H3. The average molecular weight is 345 g/mol. The molecule has 2 heterocycles. The molecule has 2 atom stereocenters. The summed E-state index contributed by atoms with van der Waals surface area (Å²) in [5.74, 6) is -0.280. The number of ether oxygens (including phenoxy) is 2. The third-order valence-corrected chi connectivity index (χ3v) is 5.60. The fourth-order valence-electron chi connectivity index (χ4n) is 4.17. The van der Waals surface area contributed by atoms with E-state index < -0.39 is 0 Å². The normalized spacial score (nSPS) is 24.9. The molecule has 0 radical (unpaired) electrons. The van der Waals surface area contributed by atoms with Gasteiger partial charge in [-0.25, -0.2) is 9.07 Å². The predicted molar refractivity (Wildman–Crippen MR) is 93.4 cm³/mol. The number of hydrogen-bond donors (Lipinski definition) is 1. The molecule has 2 unspecified atom stereocenters. The van der Waals surface area contributed by atoms with Crippen molar-refractivity contribution in [3.8, 4) is 5.69 Å². The highest BCUT2D eigenvalue weighted by molar-refractivity contribution is 5.45. The summed E-state index contributed by atoms with van der Waals surface area (Å²) in [6.45, 7) is 4.36. The molecule has 1 aromatic carbocycles. The number of para-hydroxylation sites is 1. The average Bonchev–Trinajstić information content (AvgIpc) is 3.10. The van der Waals surface area contributed by atoms with Crippen LogP contribution in [0.4, 0.5) is 10.1 Å². The zero-order valence-corrected chi connectivity index (χ0v) is 14.5. The van der Waals surface area contributed by atoms with Crippen LogP contribution < -0.4 is 5.32 Å². The molecule has 1 aliphatic heterocycles. The van der Waals surface area contributed by atoms with Gasteiger partial charge in [-0.3, -0.25) is 0 Å². The first-order valence-corrected chi connectivity index (χ1v) is 8.98. The highest BCUT2D eigenvalue weighted by atomic mass is 19.1. The first-order valence-electron chi connectivity index (χ1n) is 8.98. The van der Waals surface area contributed by atoms with E-state index in [2.05, 4.69) is 10.4 Å². The van der Waals surface area contributed by atoms with E-state index in [1.54, 1.807) is 23.0 Å². The molecule has 0 bridgehead atoms. The highest BCUT2D eigenvalue weighted by Crippen LogP contribution is 2.51. The van der Waals surface area contributed by atoms with Crippen LogP contribution in [-0.4, -0.2) is 41.7 Å². The zero-order chi connectivity index (χ0) is 17.3. The number of benzene rings is 1. The molecule has 1 aliphatic carbocycles. The van der Waals surface area contributed by atoms with Crippen molar-refractivity contribution in [1.82, 2.24) is 9.78 Å². The van der Waals surface area contributed by atoms with Gasteiger partial charge in [0.2, 0.25) is 0 Å². The van der Waals surface area contributed by atoms with Crippen molar-refractivity contribution in [2.24, 2.45) is 5.41 Å². The summed E-state index contributed by atoms with van der Waals surface area (Å²) in [4.78, 5) is 0. The molecule has 5 nitrogen and oxygen atoms in total. The van der Waals surface area contributed by atoms with Crippen molar-refractivity contribution in [2.75, 3.05) is 25.1 Å². The van der Waals surface area contributed by atoms with Gasteiger partial charge in [-0.2, -0.15) is 5.10 Å². The molecule has 6 heteroatoms. The first-order chi connectivity index (χ1) is 12.2. The Bertz CT molecular complexity index is 727. The van der Waals surface area contributed by atoms with Gasteiger partial charge < -0.3 is 14.8 Å². The van der Waals surface area contributed by atoms with E-state index in [1.165, 1.54) is 6.07 Å². The van der Waals surface area contributed by atoms with E-state index in [0.29, 0.717) is 17.8 Å². The van der Waals surface area contributed by atoms with Crippen LogP contribution in [0.5, 0.6) is 0 Å². The second kappa shape index (κ2) is 6.77. The summed E-state index contributed by atoms with van der Waals surface area (Å²) in [7, 11) is 0. The molecule has 2 fully saturated rings. The molecule has 1 saturated heterocycles. The van der Waals surface area contributed by atoms with Crippen LogP contribution in [0.1, 0.15) is 26.2 Å². The summed E-state index contributed by atoms with van der Waals surface area (Å²) < 4.78 is 27.0. The number of hydrogen-bond acceptors (Lipinski definition) is 4. The molecule has 134 valence electrons. The highest BCUT2D eigenvalue weighted by Gasteiger charge is 2.56. The molecule has 0 amide bonds. The van der Waals surface area contributed by atoms with Crippen LogP contribution in [0, 0.1) is 11.2 Å². The van der Waals surface area contributed by atoms with E-state index in [-0.39, 0.29) is 11.2 Å². The molecule has 25 heavy (non-hydrogen) atoms. The number of nitrogens with zero attached hydrogens (tertiary/aromatic N) is 2. The third kappa shape index (κ3) is 2.93. The fourth-order valence-corrected chi connectivity index (χ4v) is 4.17. The number of anilines is 1. The van der Waals surface area contributed by atoms with Crippen molar-refractivity contribution < 1.29 is 13.9 Å². The second-order valence-electron chi connectivity index (χ2n) is 6.85. The van der Waals surface area contributed by atoms with Crippen molar-refractivity contribution in [3.05, 3.63) is 42.5 Å². The number of halogens is 1. The van der Waals surface area contributed by atoms with E-state index in [9.17, 15) is 4.39 Å². The molecular formula is C19H24FN3O2. The lowest BCUT2D eigenvalue weighted by Gasteiger charge is -2.57. The monoisotopic (exact) mass is 345 g/mol. The Kier molecular flexibility index (Phi) is 4.48. The van der Waals surface area contributed by atoms with Crippen molar-refractivity contribution >= 4 is 5.69 Å². The SMILES string of the molecule is CCOC1CC(Nc2cnn(-c3ccccc3F)c2)C12CCOCC2. The Hall–Kier alpha value is -1.92. The fraction of sp³-hybridized carbons (Fsp3) is 0.526. The van der Waals surface area contributed by atoms with Gasteiger partial charge in [0.15, 0.2) is 0 Å². The van der Waals surface area contributed by atoms with Crippen LogP contribution in [-0.2, 0) is 9.47 Å². The largest absolute Gasteiger partial charge is 0.381 e. The van der Waals surface area contributed by atoms with Crippen LogP contribution in [0.15, 0.2) is 36.7 Å². The summed E-state index contributed by atoms with van der Waals surface area (Å²) in [5, 5.41) is 7.90. The Labute approximate surface area is 147 Å². The second-order valence-corrected chi connectivity index (χ2v) is 6.85. The van der Waals surface area contributed by atoms with Crippen LogP contribution in [0.2, 0.25) is 0 Å². The zero-order valence-electron chi connectivity index (χ0n) is 14.5. The van der Waals surface area contributed by atoms with E-state index in [0.717, 1.165) is 44.8 Å². The molecule has 1 aromatic heterocycles. The van der Waals surface area contributed by atoms with E-state index in [4.69, 9.17) is 9.47 Å². The Morgan fingerprint density at radius 2 is 2.16 bits per heavy atom. The minimum absolute atomic E-state index is 0.133. The maximum atomic E-state index is 13.9. The lowest BCUT2D eigenvalue weighted by molar-refractivity contribution is -0.159. The minimum Gasteiger partial charge on any atom is -0.381 e. The molecular weight excluding hydrogens is 321 g/mol. The van der Waals surface area contributed by atoms with Gasteiger partial charge >= 0.3 is 0 Å². The molecule has 4 rings (SSSR count). The van der Waals surface area contributed by atoms with Crippen molar-refractivity contribution in [3.63, 3.8) is 0 Å². The first kappa shape index (κ1) is 16.5. The van der Waals surface area contributed by atoms with Gasteiger partial charge in [0.1, 0.15) is 11.5 Å². The number of aromatic nitrogens is 2. The molecule has 1 spiro atoms. The summed E-state index contributed by atoms with van der Waals surface area (Å²) in [5.41, 5.74) is 1.50. The summed E-state index contributed by atoms with van der Waals surface area (Å²) >= 11 is 0. The predicted octanol–water partition coefficient (Wildman–Crippen LogP) is 3.40. The van der Waals surface area contributed by atoms with Gasteiger partial charge in [-0.15, -0.1) is 0 Å². The van der Waals surface area contributed by atoms with Gasteiger partial charge in [-0.1, -0.05) is 12.1 Å². The Morgan fingerprint density at radius 1 is 1.36 bits per heavy atom. The molecule has 1 N–H and O–H groups in total. The van der Waals surface area contributed by atoms with Crippen LogP contribution in [0.3, 0.4) is 0 Å². The number of nitrogens with one attached hydrogen (secondary N) is 1. The molecule has 2 aromatic rings. The van der Waals surface area contributed by atoms with Gasteiger partial charge in [0.05, 0.1) is 24.2 Å². The third-order valence-electron chi connectivity index (χ3n) is 5.60. The quantitative estimate of drug-likeness (QED) is 0.902.